The van der Waals surface area contributed by atoms with Crippen molar-refractivity contribution < 1.29 is 23.8 Å². The highest BCUT2D eigenvalue weighted by atomic mass is 16.7. The fraction of sp³-hybridized carbons (Fsp3) is 0.417. The second-order valence-electron chi connectivity index (χ2n) is 7.31. The van der Waals surface area contributed by atoms with E-state index in [2.05, 4.69) is 19.2 Å². The minimum Gasteiger partial charge on any atom is -0.462 e. The van der Waals surface area contributed by atoms with Gasteiger partial charge in [-0.2, -0.15) is 0 Å². The molecule has 3 rings (SSSR count). The number of carbonyl (C=O) groups is 2. The zero-order valence-electron chi connectivity index (χ0n) is 17.7. The summed E-state index contributed by atoms with van der Waals surface area (Å²) in [7, 11) is 0. The molecule has 0 fully saturated rings. The van der Waals surface area contributed by atoms with E-state index >= 15 is 0 Å². The Morgan fingerprint density at radius 1 is 0.967 bits per heavy atom. The lowest BCUT2D eigenvalue weighted by molar-refractivity contribution is 0.0498. The lowest BCUT2D eigenvalue weighted by atomic mass is 10.1. The SMILES string of the molecule is CCCCCCCOC(=O)c1cc2c(cc1NC(=O)c1ccc(CC)cc1)OCO2. The first-order chi connectivity index (χ1) is 14.6. The molecule has 2 aromatic carbocycles. The Hall–Kier alpha value is -3.02. The minimum absolute atomic E-state index is 0.0805. The molecule has 0 spiro atoms. The van der Waals surface area contributed by atoms with Gasteiger partial charge in [-0.25, -0.2) is 4.79 Å². The van der Waals surface area contributed by atoms with Gasteiger partial charge in [-0.05, 0) is 30.5 Å². The molecule has 30 heavy (non-hydrogen) atoms. The maximum absolute atomic E-state index is 12.7. The van der Waals surface area contributed by atoms with Crippen molar-refractivity contribution >= 4 is 17.6 Å². The van der Waals surface area contributed by atoms with Crippen LogP contribution in [0.3, 0.4) is 0 Å². The molecule has 0 bridgehead atoms. The number of esters is 1. The lowest BCUT2D eigenvalue weighted by Gasteiger charge is -2.12. The van der Waals surface area contributed by atoms with E-state index in [1.54, 1.807) is 24.3 Å². The van der Waals surface area contributed by atoms with Crippen molar-refractivity contribution in [2.45, 2.75) is 52.4 Å². The first-order valence-electron chi connectivity index (χ1n) is 10.6. The van der Waals surface area contributed by atoms with Crippen LogP contribution in [0.5, 0.6) is 11.5 Å². The molecule has 0 saturated heterocycles. The quantitative estimate of drug-likeness (QED) is 0.421. The molecule has 1 amide bonds. The van der Waals surface area contributed by atoms with Gasteiger partial charge in [0.1, 0.15) is 0 Å². The normalized spacial score (nSPS) is 11.9. The summed E-state index contributed by atoms with van der Waals surface area (Å²) in [6.45, 7) is 4.65. The molecule has 0 unspecified atom stereocenters. The predicted octanol–water partition coefficient (Wildman–Crippen LogP) is 5.36. The Bertz CT molecular complexity index is 876. The molecule has 1 aliphatic rings. The molecular formula is C24H29NO5. The number of unbranched alkanes of at least 4 members (excludes halogenated alkanes) is 4. The van der Waals surface area contributed by atoms with Gasteiger partial charge in [0, 0.05) is 17.7 Å². The molecule has 1 heterocycles. The van der Waals surface area contributed by atoms with Crippen LogP contribution in [0.4, 0.5) is 5.69 Å². The number of hydrogen-bond acceptors (Lipinski definition) is 5. The van der Waals surface area contributed by atoms with Crippen molar-refractivity contribution in [3.05, 3.63) is 53.1 Å². The Kier molecular flexibility index (Phi) is 7.71. The van der Waals surface area contributed by atoms with Gasteiger partial charge in [0.25, 0.3) is 5.91 Å². The summed E-state index contributed by atoms with van der Waals surface area (Å²) in [6, 6.07) is 10.6. The highest BCUT2D eigenvalue weighted by molar-refractivity contribution is 6.08. The number of amides is 1. The minimum atomic E-state index is -0.486. The summed E-state index contributed by atoms with van der Waals surface area (Å²) >= 11 is 0. The average molecular weight is 411 g/mol. The van der Waals surface area contributed by atoms with Crippen LogP contribution in [0, 0.1) is 0 Å². The summed E-state index contributed by atoms with van der Waals surface area (Å²) in [5.74, 6) is 0.170. The number of fused-ring (bicyclic) bond motifs is 1. The molecule has 6 heteroatoms. The van der Waals surface area contributed by atoms with Crippen molar-refractivity contribution in [2.24, 2.45) is 0 Å². The van der Waals surface area contributed by atoms with Gasteiger partial charge in [0.05, 0.1) is 17.9 Å². The molecule has 0 radical (unpaired) electrons. The van der Waals surface area contributed by atoms with E-state index in [-0.39, 0.29) is 18.3 Å². The highest BCUT2D eigenvalue weighted by Crippen LogP contribution is 2.37. The molecule has 2 aromatic rings. The molecule has 160 valence electrons. The fourth-order valence-corrected chi connectivity index (χ4v) is 3.25. The Labute approximate surface area is 177 Å². The van der Waals surface area contributed by atoms with Crippen LogP contribution in [-0.4, -0.2) is 25.3 Å². The number of nitrogens with one attached hydrogen (secondary N) is 1. The average Bonchev–Trinajstić information content (AvgIpc) is 3.23. The van der Waals surface area contributed by atoms with E-state index in [9.17, 15) is 9.59 Å². The zero-order chi connectivity index (χ0) is 21.3. The molecule has 1 N–H and O–H groups in total. The lowest BCUT2D eigenvalue weighted by Crippen LogP contribution is -2.16. The van der Waals surface area contributed by atoms with Crippen LogP contribution < -0.4 is 14.8 Å². The number of carbonyl (C=O) groups excluding carboxylic acids is 2. The Balaban J connectivity index is 1.71. The standard InChI is InChI=1S/C24H29NO5/c1-3-5-6-7-8-13-28-24(27)19-14-21-22(30-16-29-21)15-20(19)25-23(26)18-11-9-17(4-2)10-12-18/h9-12,14-15H,3-8,13,16H2,1-2H3,(H,25,26). The van der Waals surface area contributed by atoms with E-state index in [0.29, 0.717) is 29.4 Å². The van der Waals surface area contributed by atoms with Gasteiger partial charge in [0.15, 0.2) is 11.5 Å². The fourth-order valence-electron chi connectivity index (χ4n) is 3.25. The van der Waals surface area contributed by atoms with Crippen LogP contribution in [0.1, 0.15) is 72.2 Å². The first kappa shape index (κ1) is 21.7. The molecule has 0 aliphatic carbocycles. The van der Waals surface area contributed by atoms with Gasteiger partial charge in [0.2, 0.25) is 6.79 Å². The van der Waals surface area contributed by atoms with Crippen LogP contribution in [0.15, 0.2) is 36.4 Å². The van der Waals surface area contributed by atoms with E-state index in [1.807, 2.05) is 12.1 Å². The predicted molar refractivity (Wildman–Crippen MR) is 115 cm³/mol. The van der Waals surface area contributed by atoms with Crippen molar-refractivity contribution in [3.8, 4) is 11.5 Å². The Morgan fingerprint density at radius 2 is 1.67 bits per heavy atom. The summed E-state index contributed by atoms with van der Waals surface area (Å²) in [5.41, 5.74) is 2.27. The van der Waals surface area contributed by atoms with E-state index in [4.69, 9.17) is 14.2 Å². The second kappa shape index (κ2) is 10.7. The van der Waals surface area contributed by atoms with Crippen molar-refractivity contribution in [2.75, 3.05) is 18.7 Å². The van der Waals surface area contributed by atoms with E-state index < -0.39 is 5.97 Å². The van der Waals surface area contributed by atoms with Gasteiger partial charge < -0.3 is 19.5 Å². The third-order valence-corrected chi connectivity index (χ3v) is 5.09. The van der Waals surface area contributed by atoms with E-state index in [1.165, 1.54) is 12.8 Å². The Morgan fingerprint density at radius 3 is 2.37 bits per heavy atom. The largest absolute Gasteiger partial charge is 0.462 e. The first-order valence-corrected chi connectivity index (χ1v) is 10.6. The topological polar surface area (TPSA) is 73.9 Å². The van der Waals surface area contributed by atoms with E-state index in [0.717, 1.165) is 31.2 Å². The van der Waals surface area contributed by atoms with Crippen molar-refractivity contribution in [1.82, 2.24) is 0 Å². The van der Waals surface area contributed by atoms with Gasteiger partial charge in [-0.3, -0.25) is 4.79 Å². The molecule has 0 atom stereocenters. The maximum atomic E-state index is 12.7. The molecule has 0 saturated carbocycles. The number of aryl methyl sites for hydroxylation is 1. The number of anilines is 1. The van der Waals surface area contributed by atoms with Gasteiger partial charge in [-0.1, -0.05) is 51.7 Å². The van der Waals surface area contributed by atoms with Crippen LogP contribution >= 0.6 is 0 Å². The summed E-state index contributed by atoms with van der Waals surface area (Å²) in [5, 5.41) is 2.82. The van der Waals surface area contributed by atoms with Gasteiger partial charge in [-0.15, -0.1) is 0 Å². The van der Waals surface area contributed by atoms with Crippen LogP contribution in [0.25, 0.3) is 0 Å². The highest BCUT2D eigenvalue weighted by Gasteiger charge is 2.23. The molecule has 0 aromatic heterocycles. The summed E-state index contributed by atoms with van der Waals surface area (Å²) in [6.07, 6.45) is 6.24. The summed E-state index contributed by atoms with van der Waals surface area (Å²) < 4.78 is 16.2. The third-order valence-electron chi connectivity index (χ3n) is 5.09. The second-order valence-corrected chi connectivity index (χ2v) is 7.31. The van der Waals surface area contributed by atoms with Crippen molar-refractivity contribution in [1.29, 1.82) is 0 Å². The molecular weight excluding hydrogens is 382 g/mol. The molecule has 1 aliphatic heterocycles. The molecule has 6 nitrogen and oxygen atoms in total. The smallest absolute Gasteiger partial charge is 0.340 e. The number of ether oxygens (including phenoxy) is 3. The number of rotatable bonds is 10. The number of hydrogen-bond donors (Lipinski definition) is 1. The van der Waals surface area contributed by atoms with Gasteiger partial charge >= 0.3 is 5.97 Å². The maximum Gasteiger partial charge on any atom is 0.340 e. The number of benzene rings is 2. The van der Waals surface area contributed by atoms with Crippen molar-refractivity contribution in [3.63, 3.8) is 0 Å². The summed E-state index contributed by atoms with van der Waals surface area (Å²) in [4.78, 5) is 25.4. The third kappa shape index (κ3) is 5.53. The van der Waals surface area contributed by atoms with Crippen LogP contribution in [-0.2, 0) is 11.2 Å². The van der Waals surface area contributed by atoms with Crippen LogP contribution in [0.2, 0.25) is 0 Å². The monoisotopic (exact) mass is 411 g/mol. The zero-order valence-corrected chi connectivity index (χ0v) is 17.7.